The molecule has 2 aliphatic carbocycles. The molecule has 3 fully saturated rings. The molecule has 1 saturated heterocycles. The first-order chi connectivity index (χ1) is 14.6. The number of carbonyl (C=O) groups is 1. The van der Waals surface area contributed by atoms with Gasteiger partial charge in [-0.05, 0) is 49.4 Å². The van der Waals surface area contributed by atoms with Gasteiger partial charge in [0.25, 0.3) is 10.1 Å². The van der Waals surface area contributed by atoms with Crippen LogP contribution in [0.2, 0.25) is 0 Å². The third-order valence-electron chi connectivity index (χ3n) is 7.78. The summed E-state index contributed by atoms with van der Waals surface area (Å²) >= 11 is 0. The van der Waals surface area contributed by atoms with E-state index in [0.29, 0.717) is 19.3 Å². The number of aliphatic hydroxyl groups excluding tert-OH is 1. The van der Waals surface area contributed by atoms with E-state index < -0.39 is 55.3 Å². The van der Waals surface area contributed by atoms with Crippen molar-refractivity contribution in [2.45, 2.75) is 57.3 Å². The highest BCUT2D eigenvalue weighted by Crippen LogP contribution is 2.62. The lowest BCUT2D eigenvalue weighted by Crippen LogP contribution is -2.58. The van der Waals surface area contributed by atoms with Crippen LogP contribution in [-0.4, -0.2) is 61.6 Å². The predicted octanol–water partition coefficient (Wildman–Crippen LogP) is 1.69. The van der Waals surface area contributed by atoms with Gasteiger partial charge in [-0.25, -0.2) is 8.98 Å². The van der Waals surface area contributed by atoms with E-state index in [-0.39, 0.29) is 36.9 Å². The van der Waals surface area contributed by atoms with Gasteiger partial charge in [0.1, 0.15) is 6.61 Å². The summed E-state index contributed by atoms with van der Waals surface area (Å²) in [6.07, 6.45) is 2.84. The summed E-state index contributed by atoms with van der Waals surface area (Å²) in [7, 11) is -9.21. The second-order valence-corrected chi connectivity index (χ2v) is 12.2. The van der Waals surface area contributed by atoms with Crippen LogP contribution in [0.15, 0.2) is 23.8 Å². The number of hydrogen-bond acceptors (Lipinski definition) is 8. The maximum absolute atomic E-state index is 12.1. The topological polar surface area (TPSA) is 164 Å². The molecule has 0 aromatic rings. The number of cyclic esters (lactones) is 1. The van der Waals surface area contributed by atoms with Gasteiger partial charge in [0, 0.05) is 5.41 Å². The molecule has 3 N–H and O–H groups in total. The highest BCUT2D eigenvalue weighted by Gasteiger charge is 2.59. The van der Waals surface area contributed by atoms with Crippen molar-refractivity contribution in [3.8, 4) is 0 Å². The Morgan fingerprint density at radius 2 is 1.88 bits per heavy atom. The largest absolute Gasteiger partial charge is 0.460 e. The van der Waals surface area contributed by atoms with Crippen LogP contribution in [0.3, 0.4) is 0 Å². The standard InChI is InChI=1S/C20H30O10S2/c1-12-4-7-16-19(2,9-8-17(20(16,3)11-21)30-32(26,27)28)14(12)6-5-13-15(31(23,24)25)10-29-18(13)22/h5,14-17,21H,1,4,6-11H2,2-3H3,(H,23,24,25)(H,26,27,28)/b13-5-/t14-,15-,16+,17-,19+,20+/m1/s1. The van der Waals surface area contributed by atoms with E-state index >= 15 is 0 Å². The number of carbonyl (C=O) groups excluding carboxylic acids is 1. The van der Waals surface area contributed by atoms with E-state index in [2.05, 4.69) is 6.58 Å². The molecule has 32 heavy (non-hydrogen) atoms. The smallest absolute Gasteiger partial charge is 0.397 e. The van der Waals surface area contributed by atoms with Gasteiger partial charge in [-0.1, -0.05) is 32.1 Å². The molecule has 6 atom stereocenters. The van der Waals surface area contributed by atoms with Gasteiger partial charge in [0.15, 0.2) is 5.25 Å². The summed E-state index contributed by atoms with van der Waals surface area (Å²) in [6.45, 7) is 7.12. The van der Waals surface area contributed by atoms with E-state index in [4.69, 9.17) is 8.92 Å². The van der Waals surface area contributed by atoms with Gasteiger partial charge in [-0.2, -0.15) is 16.8 Å². The number of ether oxygens (including phenoxy) is 1. The summed E-state index contributed by atoms with van der Waals surface area (Å²) in [5.41, 5.74) is -0.624. The third-order valence-corrected chi connectivity index (χ3v) is 9.36. The molecule has 10 nitrogen and oxygen atoms in total. The van der Waals surface area contributed by atoms with Gasteiger partial charge in [-0.15, -0.1) is 0 Å². The Bertz CT molecular complexity index is 1030. The molecule has 0 spiro atoms. The predicted molar refractivity (Wildman–Crippen MR) is 113 cm³/mol. The molecule has 1 heterocycles. The molecule has 182 valence electrons. The number of hydrogen-bond donors (Lipinski definition) is 3. The first kappa shape index (κ1) is 25.3. The quantitative estimate of drug-likeness (QED) is 0.214. The minimum absolute atomic E-state index is 0.112. The van der Waals surface area contributed by atoms with Crippen molar-refractivity contribution in [2.24, 2.45) is 22.7 Å². The zero-order chi connectivity index (χ0) is 24.1. The lowest BCUT2D eigenvalue weighted by Gasteiger charge is -2.60. The first-order valence-corrected chi connectivity index (χ1v) is 13.3. The molecular formula is C20H30O10S2. The molecule has 1 aliphatic heterocycles. The summed E-state index contributed by atoms with van der Waals surface area (Å²) in [6, 6.07) is 0. The van der Waals surface area contributed by atoms with Crippen LogP contribution in [0.1, 0.15) is 46.0 Å². The zero-order valence-electron chi connectivity index (χ0n) is 18.1. The molecule has 0 radical (unpaired) electrons. The van der Waals surface area contributed by atoms with Gasteiger partial charge in [0.2, 0.25) is 0 Å². The SMILES string of the molecule is C=C1CC[C@@H]2[C@](C)(CO)[C@H](OS(=O)(=O)O)CC[C@@]2(C)[C@@H]1C/C=C1\C(=O)OC[C@H]1S(=O)(=O)O. The summed E-state index contributed by atoms with van der Waals surface area (Å²) in [4.78, 5) is 12.1. The van der Waals surface area contributed by atoms with Crippen LogP contribution in [0.25, 0.3) is 0 Å². The summed E-state index contributed by atoms with van der Waals surface area (Å²) < 4.78 is 74.4. The Kier molecular flexibility index (Phi) is 6.71. The molecule has 12 heteroatoms. The first-order valence-electron chi connectivity index (χ1n) is 10.4. The minimum atomic E-state index is -4.70. The molecule has 0 aromatic heterocycles. The Labute approximate surface area is 188 Å². The lowest BCUT2D eigenvalue weighted by molar-refractivity contribution is -0.142. The van der Waals surface area contributed by atoms with Crippen molar-refractivity contribution in [3.63, 3.8) is 0 Å². The normalized spacial score (nSPS) is 39.7. The molecular weight excluding hydrogens is 464 g/mol. The number of fused-ring (bicyclic) bond motifs is 1. The Hall–Kier alpha value is -1.31. The fraction of sp³-hybridized carbons (Fsp3) is 0.750. The Morgan fingerprint density at radius 3 is 2.44 bits per heavy atom. The average molecular weight is 495 g/mol. The van der Waals surface area contributed by atoms with Crippen molar-refractivity contribution in [2.75, 3.05) is 13.2 Å². The van der Waals surface area contributed by atoms with Crippen LogP contribution in [0.5, 0.6) is 0 Å². The molecule has 0 unspecified atom stereocenters. The Morgan fingerprint density at radius 1 is 1.22 bits per heavy atom. The van der Waals surface area contributed by atoms with Gasteiger partial charge in [-0.3, -0.25) is 9.11 Å². The van der Waals surface area contributed by atoms with Crippen molar-refractivity contribution in [1.82, 2.24) is 0 Å². The molecule has 3 rings (SSSR count). The highest BCUT2D eigenvalue weighted by atomic mass is 32.3. The number of rotatable bonds is 6. The van der Waals surface area contributed by atoms with E-state index in [1.54, 1.807) is 6.92 Å². The van der Waals surface area contributed by atoms with Crippen LogP contribution in [-0.2, 0) is 34.2 Å². The van der Waals surface area contributed by atoms with E-state index in [9.17, 15) is 35.8 Å². The summed E-state index contributed by atoms with van der Waals surface area (Å²) in [5.74, 6) is -1.18. The van der Waals surface area contributed by atoms with Crippen molar-refractivity contribution in [1.29, 1.82) is 0 Å². The summed E-state index contributed by atoms with van der Waals surface area (Å²) in [5, 5.41) is 8.80. The lowest BCUT2D eigenvalue weighted by atomic mass is 9.46. The molecule has 0 aromatic carbocycles. The molecule has 3 aliphatic rings. The highest BCUT2D eigenvalue weighted by molar-refractivity contribution is 7.86. The monoisotopic (exact) mass is 494 g/mol. The van der Waals surface area contributed by atoms with Crippen LogP contribution < -0.4 is 0 Å². The Balaban J connectivity index is 1.94. The number of allylic oxidation sites excluding steroid dienone is 2. The average Bonchev–Trinajstić information content (AvgIpc) is 3.04. The minimum Gasteiger partial charge on any atom is -0.460 e. The van der Waals surface area contributed by atoms with Gasteiger partial charge in [0.05, 0.1) is 18.3 Å². The fourth-order valence-corrected chi connectivity index (χ4v) is 7.45. The van der Waals surface area contributed by atoms with E-state index in [0.717, 1.165) is 5.57 Å². The second kappa shape index (κ2) is 8.48. The maximum atomic E-state index is 12.1. The van der Waals surface area contributed by atoms with Crippen molar-refractivity contribution < 1.29 is 44.8 Å². The van der Waals surface area contributed by atoms with Crippen LogP contribution in [0, 0.1) is 22.7 Å². The molecule has 0 amide bonds. The van der Waals surface area contributed by atoms with Crippen LogP contribution in [0.4, 0.5) is 0 Å². The van der Waals surface area contributed by atoms with E-state index in [1.807, 2.05) is 6.92 Å². The number of aliphatic hydroxyl groups is 1. The van der Waals surface area contributed by atoms with Crippen LogP contribution >= 0.6 is 0 Å². The van der Waals surface area contributed by atoms with Gasteiger partial charge >= 0.3 is 16.4 Å². The number of esters is 1. The second-order valence-electron chi connectivity index (χ2n) is 9.52. The van der Waals surface area contributed by atoms with E-state index in [1.165, 1.54) is 6.08 Å². The molecule has 0 bridgehead atoms. The van der Waals surface area contributed by atoms with Gasteiger partial charge < -0.3 is 9.84 Å². The van der Waals surface area contributed by atoms with Crippen molar-refractivity contribution >= 4 is 26.5 Å². The van der Waals surface area contributed by atoms with Crippen molar-refractivity contribution in [3.05, 3.63) is 23.8 Å². The molecule has 2 saturated carbocycles. The zero-order valence-corrected chi connectivity index (χ0v) is 19.7. The maximum Gasteiger partial charge on any atom is 0.397 e. The fourth-order valence-electron chi connectivity index (χ4n) is 6.09. The third kappa shape index (κ3) is 4.53.